The van der Waals surface area contributed by atoms with E-state index in [9.17, 15) is 9.13 Å². The fourth-order valence-corrected chi connectivity index (χ4v) is 10.1. The molecule has 6 aromatic carbocycles. The van der Waals surface area contributed by atoms with Gasteiger partial charge in [0.2, 0.25) is 0 Å². The van der Waals surface area contributed by atoms with E-state index >= 15 is 0 Å². The van der Waals surface area contributed by atoms with Crippen molar-refractivity contribution in [3.63, 3.8) is 0 Å². The van der Waals surface area contributed by atoms with Gasteiger partial charge in [-0.25, -0.2) is 0 Å². The second kappa shape index (κ2) is 16.9. The third kappa shape index (κ3) is 8.25. The molecule has 217 valence electrons. The Morgan fingerprint density at radius 2 is 0.419 bits per heavy atom. The molecule has 0 heterocycles. The molecule has 0 saturated heterocycles. The number of benzene rings is 6. The molecule has 0 N–H and O–H groups in total. The average molecular weight is 771 g/mol. The standard InChI is InChI=1S/2C18H15OP.2BrH.Mn/c2*19-20(16-10-4-1-5-11-16,17-12-6-2-7-13-17)18-14-8-3-9-15-18;;;/h2*1-15H;2*1H;/q;;;;+2/p-2. The molecule has 6 aromatic rings. The maximum atomic E-state index is 13.8. The van der Waals surface area contributed by atoms with Crippen LogP contribution < -0.4 is 31.8 Å². The number of hydrogen-bond acceptors (Lipinski definition) is 2. The van der Waals surface area contributed by atoms with Crippen LogP contribution in [-0.2, 0) is 20.5 Å². The van der Waals surface area contributed by atoms with Gasteiger partial charge in [0.1, 0.15) is 0 Å². The van der Waals surface area contributed by atoms with E-state index in [0.717, 1.165) is 31.8 Å². The summed E-state index contributed by atoms with van der Waals surface area (Å²) in [4.78, 5) is 0. The summed E-state index contributed by atoms with van der Waals surface area (Å²) in [5.41, 5.74) is 0. The molecule has 0 saturated carbocycles. The van der Waals surface area contributed by atoms with E-state index < -0.39 is 14.3 Å². The Labute approximate surface area is 274 Å². The Balaban J connectivity index is 0.000000181. The average Bonchev–Trinajstić information content (AvgIpc) is 3.10. The van der Waals surface area contributed by atoms with Crippen LogP contribution in [0.15, 0.2) is 182 Å². The van der Waals surface area contributed by atoms with E-state index in [0.29, 0.717) is 11.3 Å². The molecule has 0 fully saturated rings. The van der Waals surface area contributed by atoms with Crippen LogP contribution in [0.25, 0.3) is 0 Å². The van der Waals surface area contributed by atoms with Crippen LogP contribution >= 0.6 is 42.5 Å². The van der Waals surface area contributed by atoms with E-state index in [1.54, 1.807) is 0 Å². The van der Waals surface area contributed by atoms with Crippen LogP contribution in [0.5, 0.6) is 0 Å². The monoisotopic (exact) mass is 769 g/mol. The first-order valence-corrected chi connectivity index (χ1v) is 22.7. The van der Waals surface area contributed by atoms with Crippen molar-refractivity contribution in [3.05, 3.63) is 182 Å². The van der Waals surface area contributed by atoms with Crippen LogP contribution in [0.3, 0.4) is 0 Å². The van der Waals surface area contributed by atoms with E-state index in [2.05, 4.69) is 28.2 Å². The van der Waals surface area contributed by atoms with Crippen LogP contribution in [0, 0.1) is 0 Å². The van der Waals surface area contributed by atoms with Crippen LogP contribution in [0.1, 0.15) is 0 Å². The molecule has 43 heavy (non-hydrogen) atoms. The Bertz CT molecular complexity index is 1400. The Morgan fingerprint density at radius 1 is 0.302 bits per heavy atom. The summed E-state index contributed by atoms with van der Waals surface area (Å²) in [6.07, 6.45) is 0. The number of hydrogen-bond donors (Lipinski definition) is 0. The molecule has 0 atom stereocenters. The Morgan fingerprint density at radius 3 is 0.535 bits per heavy atom. The first-order valence-electron chi connectivity index (χ1n) is 13.5. The van der Waals surface area contributed by atoms with Gasteiger partial charge in [0.15, 0.2) is 14.3 Å². The van der Waals surface area contributed by atoms with E-state index in [4.69, 9.17) is 0 Å². The fraction of sp³-hybridized carbons (Fsp3) is 0. The van der Waals surface area contributed by atoms with Gasteiger partial charge in [0, 0.05) is 31.8 Å². The van der Waals surface area contributed by atoms with Gasteiger partial charge in [-0.05, 0) is 0 Å². The van der Waals surface area contributed by atoms with Crippen LogP contribution in [0.4, 0.5) is 0 Å². The summed E-state index contributed by atoms with van der Waals surface area (Å²) in [6, 6.07) is 58.3. The fourth-order valence-electron chi connectivity index (χ4n) is 4.72. The molecule has 0 amide bonds. The quantitative estimate of drug-likeness (QED) is 0.126. The molecule has 2 nitrogen and oxygen atoms in total. The molecule has 6 rings (SSSR count). The molecule has 7 heteroatoms. The third-order valence-electron chi connectivity index (χ3n) is 6.72. The zero-order valence-corrected chi connectivity index (χ0v) is 29.3. The molecule has 0 radical (unpaired) electrons. The van der Waals surface area contributed by atoms with Gasteiger partial charge in [0.25, 0.3) is 0 Å². The van der Waals surface area contributed by atoms with Gasteiger partial charge in [-0.2, -0.15) is 0 Å². The molecule has 0 aliphatic carbocycles. The summed E-state index contributed by atoms with van der Waals surface area (Å²) < 4.78 is 27.6. The van der Waals surface area contributed by atoms with Gasteiger partial charge in [-0.15, -0.1) is 0 Å². The van der Waals surface area contributed by atoms with Gasteiger partial charge in [0.05, 0.1) is 0 Å². The van der Waals surface area contributed by atoms with Crippen molar-refractivity contribution < 1.29 is 20.5 Å². The Hall–Kier alpha value is -2.74. The third-order valence-corrected chi connectivity index (χ3v) is 12.9. The van der Waals surface area contributed by atoms with Gasteiger partial charge < -0.3 is 9.13 Å². The first-order chi connectivity index (χ1) is 21.0. The van der Waals surface area contributed by atoms with Crippen molar-refractivity contribution >= 4 is 74.3 Å². The first kappa shape index (κ1) is 33.2. The summed E-state index contributed by atoms with van der Waals surface area (Å²) in [7, 11) is -5.55. The summed E-state index contributed by atoms with van der Waals surface area (Å²) in [5.74, 6) is 0. The summed E-state index contributed by atoms with van der Waals surface area (Å²) in [6.45, 7) is 0. The predicted molar refractivity (Wildman–Crippen MR) is 190 cm³/mol. The minimum absolute atomic E-state index is 0.688. The van der Waals surface area contributed by atoms with Gasteiger partial charge in [-0.1, -0.05) is 182 Å². The second-order valence-electron chi connectivity index (χ2n) is 9.29. The zero-order valence-electron chi connectivity index (χ0n) is 23.2. The molecule has 0 aliphatic rings. The molecular formula is C36H30Br2MnO2P2. The molecule has 0 bridgehead atoms. The molecule has 0 spiro atoms. The van der Waals surface area contributed by atoms with Gasteiger partial charge >= 0.3 is 39.6 Å². The second-order valence-corrected chi connectivity index (χ2v) is 20.8. The Kier molecular flexibility index (Phi) is 13.1. The van der Waals surface area contributed by atoms with Crippen molar-refractivity contribution in [1.82, 2.24) is 0 Å². The van der Waals surface area contributed by atoms with Gasteiger partial charge in [-0.3, -0.25) is 0 Å². The molecular weight excluding hydrogens is 741 g/mol. The van der Waals surface area contributed by atoms with Crippen molar-refractivity contribution in [2.45, 2.75) is 0 Å². The summed E-state index contributed by atoms with van der Waals surface area (Å²) in [5, 5.41) is 5.24. The predicted octanol–water partition coefficient (Wildman–Crippen LogP) is 8.34. The molecule has 0 aromatic heterocycles. The molecule has 0 unspecified atom stereocenters. The number of rotatable bonds is 6. The normalized spacial score (nSPS) is 10.8. The summed E-state index contributed by atoms with van der Waals surface area (Å²) >= 11 is 6.88. The van der Waals surface area contributed by atoms with Crippen molar-refractivity contribution in [2.75, 3.05) is 0 Å². The maximum absolute atomic E-state index is 13.8. The van der Waals surface area contributed by atoms with Crippen LogP contribution in [-0.4, -0.2) is 0 Å². The topological polar surface area (TPSA) is 34.1 Å². The van der Waals surface area contributed by atoms with Crippen molar-refractivity contribution in [2.24, 2.45) is 0 Å². The van der Waals surface area contributed by atoms with Crippen molar-refractivity contribution in [1.29, 1.82) is 0 Å². The van der Waals surface area contributed by atoms with E-state index in [1.807, 2.05) is 182 Å². The SMILES string of the molecule is O=P(c1ccccc1)(c1ccccc1)c1ccccc1.O=P(c1ccccc1)(c1ccccc1)c1ccccc1.[Br][Mn][Br]. The number of halogens is 2. The zero-order chi connectivity index (χ0) is 30.4. The van der Waals surface area contributed by atoms with E-state index in [-0.39, 0.29) is 0 Å². The van der Waals surface area contributed by atoms with Crippen molar-refractivity contribution in [3.8, 4) is 0 Å². The van der Waals surface area contributed by atoms with E-state index in [1.165, 1.54) is 0 Å². The van der Waals surface area contributed by atoms with Crippen LogP contribution in [0.2, 0.25) is 0 Å². The molecule has 0 aliphatic heterocycles. The minimum atomic E-state index is -2.78.